The van der Waals surface area contributed by atoms with Crippen LogP contribution in [0.2, 0.25) is 0 Å². The average Bonchev–Trinajstić information content (AvgIpc) is 3.24. The number of halogens is 1. The zero-order valence-electron chi connectivity index (χ0n) is 17.1. The molecule has 0 radical (unpaired) electrons. The highest BCUT2D eigenvalue weighted by molar-refractivity contribution is 5.82. The van der Waals surface area contributed by atoms with Crippen LogP contribution in [0.4, 0.5) is 10.2 Å². The van der Waals surface area contributed by atoms with Gasteiger partial charge >= 0.3 is 0 Å². The van der Waals surface area contributed by atoms with Crippen molar-refractivity contribution in [1.82, 2.24) is 29.6 Å². The van der Waals surface area contributed by atoms with Crippen molar-refractivity contribution in [2.45, 2.75) is 33.2 Å². The molecule has 3 aromatic heterocycles. The summed E-state index contributed by atoms with van der Waals surface area (Å²) in [5.41, 5.74) is 1.11. The van der Waals surface area contributed by atoms with E-state index in [4.69, 9.17) is 4.98 Å². The maximum atomic E-state index is 14.5. The lowest BCUT2D eigenvalue weighted by molar-refractivity contribution is 0.528. The summed E-state index contributed by atoms with van der Waals surface area (Å²) in [6.07, 6.45) is 3.60. The van der Waals surface area contributed by atoms with Crippen LogP contribution in [-0.4, -0.2) is 42.7 Å². The molecule has 3 heterocycles. The Hall–Kier alpha value is -3.56. The van der Waals surface area contributed by atoms with Crippen LogP contribution < -0.4 is 15.9 Å². The minimum Gasteiger partial charge on any atom is -0.358 e. The number of hydrogen-bond acceptors (Lipinski definition) is 7. The van der Waals surface area contributed by atoms with Crippen molar-refractivity contribution in [1.29, 1.82) is 0 Å². The first-order chi connectivity index (χ1) is 14.6. The molecular weight excluding hydrogens is 387 g/mol. The number of nitrogens with zero attached hydrogens (tertiary/aromatic N) is 6. The molecule has 10 heteroatoms. The Balaban J connectivity index is 1.91. The monoisotopic (exact) mass is 410 g/mol. The summed E-state index contributed by atoms with van der Waals surface area (Å²) in [4.78, 5) is 33.7. The van der Waals surface area contributed by atoms with Crippen LogP contribution in [0.3, 0.4) is 0 Å². The van der Waals surface area contributed by atoms with E-state index in [0.29, 0.717) is 47.8 Å². The number of hydrogen-bond donors (Lipinski definition) is 2. The van der Waals surface area contributed by atoms with E-state index in [1.807, 2.05) is 25.8 Å². The van der Waals surface area contributed by atoms with Gasteiger partial charge in [-0.15, -0.1) is 0 Å². The molecule has 0 aliphatic rings. The quantitative estimate of drug-likeness (QED) is 0.483. The Morgan fingerprint density at radius 1 is 1.20 bits per heavy atom. The molecular formula is C20H23FN8O. The zero-order valence-corrected chi connectivity index (χ0v) is 17.1. The number of aromatic amines is 1. The summed E-state index contributed by atoms with van der Waals surface area (Å²) in [5.74, 6) is 0.480. The molecule has 0 aliphatic heterocycles. The topological polar surface area (TPSA) is 105 Å². The van der Waals surface area contributed by atoms with Crippen molar-refractivity contribution >= 4 is 27.9 Å². The van der Waals surface area contributed by atoms with E-state index in [-0.39, 0.29) is 11.4 Å². The summed E-state index contributed by atoms with van der Waals surface area (Å²) in [6, 6.07) is 4.14. The summed E-state index contributed by atoms with van der Waals surface area (Å²) in [7, 11) is 0. The van der Waals surface area contributed by atoms with E-state index < -0.39 is 11.4 Å². The number of H-pyrrole nitrogens is 1. The van der Waals surface area contributed by atoms with Gasteiger partial charge < -0.3 is 15.3 Å². The Labute approximate surface area is 172 Å². The molecule has 0 saturated heterocycles. The molecule has 1 aromatic carbocycles. The molecule has 0 amide bonds. The minimum absolute atomic E-state index is 0.0130. The van der Waals surface area contributed by atoms with E-state index >= 15 is 0 Å². The lowest BCUT2D eigenvalue weighted by Crippen LogP contribution is -2.45. The molecule has 2 N–H and O–H groups in total. The average molecular weight is 410 g/mol. The fourth-order valence-corrected chi connectivity index (χ4v) is 3.59. The van der Waals surface area contributed by atoms with E-state index in [0.717, 1.165) is 0 Å². The van der Waals surface area contributed by atoms with Crippen molar-refractivity contribution in [3.8, 4) is 0 Å². The lowest BCUT2D eigenvalue weighted by Gasteiger charge is -2.29. The van der Waals surface area contributed by atoms with Crippen LogP contribution >= 0.6 is 0 Å². The normalized spacial score (nSPS) is 12.4. The van der Waals surface area contributed by atoms with Crippen molar-refractivity contribution in [2.24, 2.45) is 0 Å². The molecule has 0 saturated carbocycles. The Kier molecular flexibility index (Phi) is 5.30. The molecule has 0 bridgehead atoms. The Bertz CT molecular complexity index is 1250. The van der Waals surface area contributed by atoms with Gasteiger partial charge in [-0.1, -0.05) is 13.0 Å². The first-order valence-electron chi connectivity index (χ1n) is 9.96. The second-order valence-electron chi connectivity index (χ2n) is 6.79. The molecule has 0 fully saturated rings. The molecule has 1 atom stereocenters. The first kappa shape index (κ1) is 19.7. The van der Waals surface area contributed by atoms with E-state index in [2.05, 4.69) is 25.3 Å². The number of fused-ring (bicyclic) bond motifs is 2. The molecule has 30 heavy (non-hydrogen) atoms. The summed E-state index contributed by atoms with van der Waals surface area (Å²) in [5, 5.41) is 5.19. The fraction of sp³-hybridized carbons (Fsp3) is 0.350. The third kappa shape index (κ3) is 3.23. The Morgan fingerprint density at radius 3 is 2.73 bits per heavy atom. The molecule has 156 valence electrons. The third-order valence-electron chi connectivity index (χ3n) is 5.12. The predicted molar refractivity (Wildman–Crippen MR) is 114 cm³/mol. The second kappa shape index (κ2) is 8.05. The van der Waals surface area contributed by atoms with Gasteiger partial charge in [0.15, 0.2) is 17.3 Å². The summed E-state index contributed by atoms with van der Waals surface area (Å²) >= 11 is 0. The van der Waals surface area contributed by atoms with Crippen molar-refractivity contribution in [2.75, 3.05) is 23.4 Å². The molecule has 0 aliphatic carbocycles. The zero-order chi connectivity index (χ0) is 21.3. The van der Waals surface area contributed by atoms with Gasteiger partial charge in [-0.2, -0.15) is 0 Å². The maximum absolute atomic E-state index is 14.5. The number of anilines is 1. The van der Waals surface area contributed by atoms with Gasteiger partial charge in [0, 0.05) is 13.1 Å². The number of imidazole rings is 1. The molecule has 4 rings (SSSR count). The van der Waals surface area contributed by atoms with Crippen LogP contribution in [0.1, 0.15) is 39.1 Å². The lowest BCUT2D eigenvalue weighted by atomic mass is 10.1. The van der Waals surface area contributed by atoms with Crippen LogP contribution in [0.5, 0.6) is 0 Å². The van der Waals surface area contributed by atoms with Crippen LogP contribution in [-0.2, 0) is 0 Å². The van der Waals surface area contributed by atoms with Gasteiger partial charge in [0.25, 0.3) is 5.56 Å². The van der Waals surface area contributed by atoms with E-state index in [9.17, 15) is 9.18 Å². The van der Waals surface area contributed by atoms with Gasteiger partial charge in [-0.25, -0.2) is 29.0 Å². The van der Waals surface area contributed by atoms with Gasteiger partial charge in [0.2, 0.25) is 0 Å². The largest absolute Gasteiger partial charge is 0.358 e. The molecule has 4 aromatic rings. The first-order valence-corrected chi connectivity index (χ1v) is 9.96. The molecule has 9 nitrogen and oxygen atoms in total. The number of nitrogens with one attached hydrogen (secondary N) is 2. The van der Waals surface area contributed by atoms with E-state index in [1.54, 1.807) is 18.5 Å². The minimum atomic E-state index is -0.576. The number of benzene rings is 1. The number of rotatable bonds is 7. The molecule has 0 unspecified atom stereocenters. The van der Waals surface area contributed by atoms with Gasteiger partial charge in [-0.3, -0.25) is 4.79 Å². The highest BCUT2D eigenvalue weighted by Gasteiger charge is 2.24. The van der Waals surface area contributed by atoms with Crippen molar-refractivity contribution in [3.63, 3.8) is 0 Å². The van der Waals surface area contributed by atoms with Gasteiger partial charge in [0.05, 0.1) is 17.9 Å². The smallest absolute Gasteiger partial charge is 0.283 e. The van der Waals surface area contributed by atoms with Crippen LogP contribution in [0, 0.1) is 5.82 Å². The van der Waals surface area contributed by atoms with Crippen LogP contribution in [0.25, 0.3) is 22.1 Å². The predicted octanol–water partition coefficient (Wildman–Crippen LogP) is 2.74. The van der Waals surface area contributed by atoms with Crippen LogP contribution in [0.15, 0.2) is 35.6 Å². The standard InChI is InChI=1S/C20H23FN8O/c1-4-13(26-18-16-17(23-10-22-16)24-11-25-18)19-27-14-9-7-8-12(21)15(14)20(30)29(19)28(5-2)6-3/h7-11,13H,4-6H2,1-3H3,(H2,22,23,24,25,26)/t13-/m0/s1. The highest BCUT2D eigenvalue weighted by atomic mass is 19.1. The highest BCUT2D eigenvalue weighted by Crippen LogP contribution is 2.25. The number of aromatic nitrogens is 6. The van der Waals surface area contributed by atoms with E-state index in [1.165, 1.54) is 17.1 Å². The molecule has 0 spiro atoms. The Morgan fingerprint density at radius 2 is 2.00 bits per heavy atom. The SMILES string of the molecule is CC[C@H](Nc1ncnc2nc[nH]c12)c1nc2cccc(F)c2c(=O)n1N(CC)CC. The van der Waals surface area contributed by atoms with Gasteiger partial charge in [0.1, 0.15) is 23.0 Å². The van der Waals surface area contributed by atoms with Crippen molar-refractivity contribution < 1.29 is 4.39 Å². The van der Waals surface area contributed by atoms with Crippen molar-refractivity contribution in [3.05, 3.63) is 52.8 Å². The summed E-state index contributed by atoms with van der Waals surface area (Å²) in [6.45, 7) is 7.01. The summed E-state index contributed by atoms with van der Waals surface area (Å²) < 4.78 is 16.0. The van der Waals surface area contributed by atoms with Gasteiger partial charge in [-0.05, 0) is 32.4 Å². The maximum Gasteiger partial charge on any atom is 0.283 e. The third-order valence-corrected chi connectivity index (χ3v) is 5.12. The fourth-order valence-electron chi connectivity index (χ4n) is 3.59. The second-order valence-corrected chi connectivity index (χ2v) is 6.79.